The maximum Gasteiger partial charge on any atom is 0.0846 e. The van der Waals surface area contributed by atoms with E-state index in [4.69, 9.17) is 0 Å². The van der Waals surface area contributed by atoms with Crippen molar-refractivity contribution in [1.82, 2.24) is 5.32 Å². The van der Waals surface area contributed by atoms with Gasteiger partial charge in [-0.05, 0) is 24.6 Å². The molecule has 53 valence electrons. The van der Waals surface area contributed by atoms with Crippen molar-refractivity contribution in [2.24, 2.45) is 4.99 Å². The molecule has 2 aliphatic heterocycles. The van der Waals surface area contributed by atoms with Gasteiger partial charge < -0.3 is 0 Å². The summed E-state index contributed by atoms with van der Waals surface area (Å²) in [5.41, 5.74) is 1.51. The zero-order valence-electron chi connectivity index (χ0n) is 5.95. The van der Waals surface area contributed by atoms with E-state index in [0.29, 0.717) is 6.04 Å². The molecule has 0 bridgehead atoms. The Morgan fingerprint density at radius 2 is 2.50 bits per heavy atom. The van der Waals surface area contributed by atoms with E-state index in [2.05, 4.69) is 16.4 Å². The van der Waals surface area contributed by atoms with Gasteiger partial charge in [0.05, 0.1) is 6.04 Å². The van der Waals surface area contributed by atoms with Gasteiger partial charge in [-0.15, -0.1) is 0 Å². The first kappa shape index (κ1) is 6.10. The summed E-state index contributed by atoms with van der Waals surface area (Å²) < 4.78 is 0. The standard InChI is InChI=1S/C8H11N2/c1-2-7-3-5-9-6-8(7)10-4-1/h3-4,8H,1-2,5-6H2. The molecule has 2 nitrogen and oxygen atoms in total. The van der Waals surface area contributed by atoms with Crippen molar-refractivity contribution < 1.29 is 0 Å². The highest BCUT2D eigenvalue weighted by atomic mass is 14.9. The van der Waals surface area contributed by atoms with Crippen LogP contribution in [0.25, 0.3) is 0 Å². The van der Waals surface area contributed by atoms with Crippen molar-refractivity contribution in [1.29, 1.82) is 0 Å². The molecule has 1 atom stereocenters. The van der Waals surface area contributed by atoms with Crippen LogP contribution in [-0.4, -0.2) is 25.3 Å². The average Bonchev–Trinajstić information content (AvgIpc) is 2.05. The molecule has 0 amide bonds. The molecule has 1 unspecified atom stereocenters. The summed E-state index contributed by atoms with van der Waals surface area (Å²) in [5.74, 6) is 0. The minimum absolute atomic E-state index is 0.419. The van der Waals surface area contributed by atoms with Crippen LogP contribution in [0.15, 0.2) is 16.6 Å². The van der Waals surface area contributed by atoms with Gasteiger partial charge in [-0.1, -0.05) is 6.08 Å². The summed E-state index contributed by atoms with van der Waals surface area (Å²) in [6.07, 6.45) is 6.60. The molecular weight excluding hydrogens is 124 g/mol. The molecule has 2 heterocycles. The lowest BCUT2D eigenvalue weighted by Gasteiger charge is -2.23. The molecule has 0 N–H and O–H groups in total. The smallest absolute Gasteiger partial charge is 0.0846 e. The van der Waals surface area contributed by atoms with Crippen LogP contribution in [0.3, 0.4) is 0 Å². The molecule has 0 aliphatic carbocycles. The fourth-order valence-corrected chi connectivity index (χ4v) is 1.48. The number of hydrogen-bond acceptors (Lipinski definition) is 1. The molecule has 0 fully saturated rings. The number of rotatable bonds is 0. The monoisotopic (exact) mass is 135 g/mol. The van der Waals surface area contributed by atoms with E-state index in [1.807, 2.05) is 6.21 Å². The lowest BCUT2D eigenvalue weighted by Crippen LogP contribution is -2.29. The fraction of sp³-hybridized carbons (Fsp3) is 0.625. The van der Waals surface area contributed by atoms with E-state index in [0.717, 1.165) is 19.5 Å². The topological polar surface area (TPSA) is 26.5 Å². The van der Waals surface area contributed by atoms with Crippen molar-refractivity contribution >= 4 is 6.21 Å². The first-order valence-corrected chi connectivity index (χ1v) is 3.80. The third-order valence-electron chi connectivity index (χ3n) is 2.06. The minimum Gasteiger partial charge on any atom is -0.288 e. The Morgan fingerprint density at radius 1 is 1.50 bits per heavy atom. The van der Waals surface area contributed by atoms with Gasteiger partial charge in [-0.25, -0.2) is 5.32 Å². The molecule has 0 aromatic carbocycles. The molecule has 0 aromatic rings. The lowest BCUT2D eigenvalue weighted by atomic mass is 9.97. The average molecular weight is 135 g/mol. The Labute approximate surface area is 61.0 Å². The summed E-state index contributed by atoms with van der Waals surface area (Å²) >= 11 is 0. The Kier molecular flexibility index (Phi) is 1.55. The highest BCUT2D eigenvalue weighted by Crippen LogP contribution is 2.18. The van der Waals surface area contributed by atoms with Gasteiger partial charge in [0, 0.05) is 13.1 Å². The van der Waals surface area contributed by atoms with Crippen LogP contribution in [0.1, 0.15) is 12.8 Å². The second-order valence-electron chi connectivity index (χ2n) is 2.75. The van der Waals surface area contributed by atoms with E-state index >= 15 is 0 Å². The Bertz CT molecular complexity index is 182. The fourth-order valence-electron chi connectivity index (χ4n) is 1.48. The predicted octanol–water partition coefficient (Wildman–Crippen LogP) is 0.764. The van der Waals surface area contributed by atoms with Crippen LogP contribution < -0.4 is 5.32 Å². The van der Waals surface area contributed by atoms with Crippen molar-refractivity contribution in [3.05, 3.63) is 11.6 Å². The van der Waals surface area contributed by atoms with Crippen molar-refractivity contribution in [3.8, 4) is 0 Å². The summed E-state index contributed by atoms with van der Waals surface area (Å²) in [7, 11) is 0. The second kappa shape index (κ2) is 2.54. The Balaban J connectivity index is 2.20. The number of nitrogens with zero attached hydrogens (tertiary/aromatic N) is 2. The van der Waals surface area contributed by atoms with E-state index < -0.39 is 0 Å². The first-order chi connectivity index (χ1) is 4.97. The second-order valence-corrected chi connectivity index (χ2v) is 2.75. The Hall–Kier alpha value is -0.630. The SMILES string of the molecule is C1=NC2C[N]CC=C2CC1. The molecular formula is C8H11N2. The molecule has 10 heavy (non-hydrogen) atoms. The number of fused-ring (bicyclic) bond motifs is 1. The van der Waals surface area contributed by atoms with E-state index in [9.17, 15) is 0 Å². The normalized spacial score (nSPS) is 31.2. The van der Waals surface area contributed by atoms with Crippen molar-refractivity contribution in [2.75, 3.05) is 13.1 Å². The van der Waals surface area contributed by atoms with Gasteiger partial charge in [0.15, 0.2) is 0 Å². The van der Waals surface area contributed by atoms with Crippen molar-refractivity contribution in [3.63, 3.8) is 0 Å². The molecule has 0 saturated carbocycles. The molecule has 2 aliphatic rings. The van der Waals surface area contributed by atoms with Crippen LogP contribution in [0.5, 0.6) is 0 Å². The zero-order valence-corrected chi connectivity index (χ0v) is 5.95. The zero-order chi connectivity index (χ0) is 6.81. The van der Waals surface area contributed by atoms with Gasteiger partial charge in [0.2, 0.25) is 0 Å². The molecule has 0 aromatic heterocycles. The minimum atomic E-state index is 0.419. The van der Waals surface area contributed by atoms with Crippen LogP contribution in [0.2, 0.25) is 0 Å². The largest absolute Gasteiger partial charge is 0.288 e. The Morgan fingerprint density at radius 3 is 3.40 bits per heavy atom. The quantitative estimate of drug-likeness (QED) is 0.438. The maximum atomic E-state index is 4.36. The predicted molar refractivity (Wildman–Crippen MR) is 41.5 cm³/mol. The molecule has 0 spiro atoms. The molecule has 2 heteroatoms. The van der Waals surface area contributed by atoms with Crippen LogP contribution in [0, 0.1) is 0 Å². The van der Waals surface area contributed by atoms with Gasteiger partial charge in [-0.3, -0.25) is 4.99 Å². The van der Waals surface area contributed by atoms with Crippen molar-refractivity contribution in [2.45, 2.75) is 18.9 Å². The number of hydrogen-bond donors (Lipinski definition) is 0. The highest BCUT2D eigenvalue weighted by Gasteiger charge is 2.17. The molecule has 2 rings (SSSR count). The van der Waals surface area contributed by atoms with Gasteiger partial charge in [0.1, 0.15) is 0 Å². The molecule has 1 radical (unpaired) electrons. The van der Waals surface area contributed by atoms with E-state index in [1.165, 1.54) is 12.0 Å². The first-order valence-electron chi connectivity index (χ1n) is 3.80. The van der Waals surface area contributed by atoms with Gasteiger partial charge in [0.25, 0.3) is 0 Å². The summed E-state index contributed by atoms with van der Waals surface area (Å²) in [4.78, 5) is 4.36. The van der Waals surface area contributed by atoms with Gasteiger partial charge >= 0.3 is 0 Å². The van der Waals surface area contributed by atoms with E-state index in [1.54, 1.807) is 0 Å². The van der Waals surface area contributed by atoms with E-state index in [-0.39, 0.29) is 0 Å². The lowest BCUT2D eigenvalue weighted by molar-refractivity contribution is 0.590. The summed E-state index contributed by atoms with van der Waals surface area (Å²) in [5, 5.41) is 4.27. The highest BCUT2D eigenvalue weighted by molar-refractivity contribution is 5.60. The van der Waals surface area contributed by atoms with Gasteiger partial charge in [-0.2, -0.15) is 0 Å². The number of aliphatic imine (C=N–C) groups is 1. The third kappa shape index (κ3) is 0.991. The summed E-state index contributed by atoms with van der Waals surface area (Å²) in [6, 6.07) is 0.419. The van der Waals surface area contributed by atoms with Crippen LogP contribution in [0.4, 0.5) is 0 Å². The summed E-state index contributed by atoms with van der Waals surface area (Å²) in [6.45, 7) is 1.84. The molecule has 0 saturated heterocycles. The van der Waals surface area contributed by atoms with Crippen LogP contribution in [-0.2, 0) is 0 Å². The third-order valence-corrected chi connectivity index (χ3v) is 2.06. The van der Waals surface area contributed by atoms with Crippen LogP contribution >= 0.6 is 0 Å². The maximum absolute atomic E-state index is 4.36.